The first-order chi connectivity index (χ1) is 10.4. The maximum absolute atomic E-state index is 12.8. The van der Waals surface area contributed by atoms with Crippen molar-refractivity contribution in [3.8, 4) is 0 Å². The average Bonchev–Trinajstić information content (AvgIpc) is 2.91. The van der Waals surface area contributed by atoms with Gasteiger partial charge in [0.25, 0.3) is 0 Å². The minimum atomic E-state index is -4.43. The van der Waals surface area contributed by atoms with Crippen LogP contribution in [0.3, 0.4) is 0 Å². The lowest BCUT2D eigenvalue weighted by atomic mass is 9.86. The largest absolute Gasteiger partial charge is 0.435 e. The molecule has 7 heteroatoms. The molecule has 122 valence electrons. The number of alkyl halides is 3. The molecule has 1 fully saturated rings. The summed E-state index contributed by atoms with van der Waals surface area (Å²) in [5.41, 5.74) is -0.188. The number of aromatic amines is 1. The van der Waals surface area contributed by atoms with E-state index in [1.165, 1.54) is 19.3 Å². The van der Waals surface area contributed by atoms with E-state index in [1.54, 1.807) is 4.90 Å². The normalized spacial score (nSPS) is 20.0. The number of nitrogens with zero attached hydrogens (tertiary/aromatic N) is 2. The molecule has 2 aliphatic rings. The van der Waals surface area contributed by atoms with E-state index in [1.807, 2.05) is 0 Å². The molecule has 1 aromatic rings. The van der Waals surface area contributed by atoms with Crippen molar-refractivity contribution in [2.24, 2.45) is 5.92 Å². The van der Waals surface area contributed by atoms with Crippen LogP contribution in [0.5, 0.6) is 0 Å². The van der Waals surface area contributed by atoms with Gasteiger partial charge in [-0.15, -0.1) is 0 Å². The Labute approximate surface area is 127 Å². The third-order valence-electron chi connectivity index (χ3n) is 4.74. The lowest BCUT2D eigenvalue weighted by molar-refractivity contribution is -0.141. The molecule has 22 heavy (non-hydrogen) atoms. The highest BCUT2D eigenvalue weighted by molar-refractivity contribution is 5.76. The fraction of sp³-hybridized carbons (Fsp3) is 0.733. The van der Waals surface area contributed by atoms with Gasteiger partial charge < -0.3 is 4.90 Å². The first-order valence-electron chi connectivity index (χ1n) is 7.86. The van der Waals surface area contributed by atoms with E-state index in [9.17, 15) is 18.0 Å². The average molecular weight is 315 g/mol. The van der Waals surface area contributed by atoms with Gasteiger partial charge in [-0.3, -0.25) is 9.89 Å². The van der Waals surface area contributed by atoms with Crippen LogP contribution in [0, 0.1) is 5.92 Å². The fourth-order valence-corrected chi connectivity index (χ4v) is 3.53. The number of fused-ring (bicyclic) bond motifs is 1. The Balaban J connectivity index is 1.64. The molecule has 3 rings (SSSR count). The fourth-order valence-electron chi connectivity index (χ4n) is 3.53. The first kappa shape index (κ1) is 15.4. The molecule has 0 spiro atoms. The van der Waals surface area contributed by atoms with Crippen LogP contribution in [-0.4, -0.2) is 27.5 Å². The Bertz CT molecular complexity index is 547. The SMILES string of the molecule is O=C(CC1CCCCC1)N1CCc2c(C(F)(F)F)n[nH]c2C1. The van der Waals surface area contributed by atoms with Gasteiger partial charge in [0.2, 0.25) is 5.91 Å². The summed E-state index contributed by atoms with van der Waals surface area (Å²) < 4.78 is 38.4. The van der Waals surface area contributed by atoms with Crippen molar-refractivity contribution >= 4 is 5.91 Å². The molecule has 4 nitrogen and oxygen atoms in total. The van der Waals surface area contributed by atoms with Crippen LogP contribution in [0.1, 0.15) is 55.5 Å². The van der Waals surface area contributed by atoms with Gasteiger partial charge in [-0.05, 0) is 25.2 Å². The maximum Gasteiger partial charge on any atom is 0.435 e. The monoisotopic (exact) mass is 315 g/mol. The quantitative estimate of drug-likeness (QED) is 0.910. The summed E-state index contributed by atoms with van der Waals surface area (Å²) in [6, 6.07) is 0. The van der Waals surface area contributed by atoms with Crippen LogP contribution >= 0.6 is 0 Å². The van der Waals surface area contributed by atoms with Gasteiger partial charge in [0.15, 0.2) is 5.69 Å². The van der Waals surface area contributed by atoms with Crippen LogP contribution in [-0.2, 0) is 23.9 Å². The number of nitrogens with one attached hydrogen (secondary N) is 1. The summed E-state index contributed by atoms with van der Waals surface area (Å²) in [6.45, 7) is 0.561. The highest BCUT2D eigenvalue weighted by Crippen LogP contribution is 2.34. The smallest absolute Gasteiger partial charge is 0.336 e. The molecule has 1 aliphatic heterocycles. The minimum Gasteiger partial charge on any atom is -0.336 e. The standard InChI is InChI=1S/C15H20F3N3O/c16-15(17,18)14-11-6-7-21(9-12(11)19-20-14)13(22)8-10-4-2-1-3-5-10/h10H,1-9H2,(H,19,20). The number of carbonyl (C=O) groups excluding carboxylic acids is 1. The Morgan fingerprint density at radius 2 is 2.00 bits per heavy atom. The molecule has 0 radical (unpaired) electrons. The molecule has 1 amide bonds. The molecule has 0 bridgehead atoms. The van der Waals surface area contributed by atoms with Gasteiger partial charge >= 0.3 is 6.18 Å². The molecule has 0 saturated heterocycles. The second-order valence-electron chi connectivity index (χ2n) is 6.30. The zero-order valence-electron chi connectivity index (χ0n) is 12.4. The molecule has 1 N–H and O–H groups in total. The van der Waals surface area contributed by atoms with Crippen molar-refractivity contribution in [1.82, 2.24) is 15.1 Å². The maximum atomic E-state index is 12.8. The van der Waals surface area contributed by atoms with E-state index in [2.05, 4.69) is 10.2 Å². The van der Waals surface area contributed by atoms with Gasteiger partial charge in [-0.2, -0.15) is 18.3 Å². The van der Waals surface area contributed by atoms with Gasteiger partial charge in [0, 0.05) is 18.5 Å². The number of hydrogen-bond acceptors (Lipinski definition) is 2. The van der Waals surface area contributed by atoms with E-state index in [0.717, 1.165) is 12.8 Å². The van der Waals surface area contributed by atoms with E-state index in [4.69, 9.17) is 0 Å². The number of carbonyl (C=O) groups is 1. The molecule has 2 heterocycles. The van der Waals surface area contributed by atoms with Crippen molar-refractivity contribution in [3.63, 3.8) is 0 Å². The van der Waals surface area contributed by atoms with Crippen LogP contribution in [0.25, 0.3) is 0 Å². The third-order valence-corrected chi connectivity index (χ3v) is 4.74. The first-order valence-corrected chi connectivity index (χ1v) is 7.86. The Morgan fingerprint density at radius 3 is 2.68 bits per heavy atom. The Morgan fingerprint density at radius 1 is 1.27 bits per heavy atom. The molecular formula is C15H20F3N3O. The number of amides is 1. The number of halogens is 3. The highest BCUT2D eigenvalue weighted by Gasteiger charge is 2.39. The number of hydrogen-bond donors (Lipinski definition) is 1. The molecule has 0 atom stereocenters. The molecule has 1 saturated carbocycles. The lowest BCUT2D eigenvalue weighted by Crippen LogP contribution is -2.37. The van der Waals surface area contributed by atoms with Gasteiger partial charge in [0.1, 0.15) is 0 Å². The molecule has 0 unspecified atom stereocenters. The summed E-state index contributed by atoms with van der Waals surface area (Å²) in [7, 11) is 0. The van der Waals surface area contributed by atoms with Gasteiger partial charge in [0.05, 0.1) is 12.2 Å². The van der Waals surface area contributed by atoms with Gasteiger partial charge in [-0.1, -0.05) is 19.3 Å². The van der Waals surface area contributed by atoms with E-state index in [-0.39, 0.29) is 24.4 Å². The van der Waals surface area contributed by atoms with Crippen molar-refractivity contribution < 1.29 is 18.0 Å². The Kier molecular flexibility index (Phi) is 4.14. The predicted molar refractivity (Wildman–Crippen MR) is 73.9 cm³/mol. The Hall–Kier alpha value is -1.53. The lowest BCUT2D eigenvalue weighted by Gasteiger charge is -2.29. The van der Waals surface area contributed by atoms with Crippen LogP contribution in [0.15, 0.2) is 0 Å². The number of aromatic nitrogens is 2. The van der Waals surface area contributed by atoms with E-state index in [0.29, 0.717) is 24.6 Å². The topological polar surface area (TPSA) is 49.0 Å². The highest BCUT2D eigenvalue weighted by atomic mass is 19.4. The van der Waals surface area contributed by atoms with E-state index < -0.39 is 11.9 Å². The van der Waals surface area contributed by atoms with E-state index >= 15 is 0 Å². The van der Waals surface area contributed by atoms with Crippen LogP contribution in [0.4, 0.5) is 13.2 Å². The summed E-state index contributed by atoms with van der Waals surface area (Å²) in [4.78, 5) is 14.0. The minimum absolute atomic E-state index is 0.0562. The van der Waals surface area contributed by atoms with Crippen molar-refractivity contribution in [3.05, 3.63) is 17.0 Å². The van der Waals surface area contributed by atoms with Crippen molar-refractivity contribution in [1.29, 1.82) is 0 Å². The molecule has 1 aromatic heterocycles. The number of H-pyrrole nitrogens is 1. The number of rotatable bonds is 2. The zero-order chi connectivity index (χ0) is 15.7. The van der Waals surface area contributed by atoms with Crippen LogP contribution < -0.4 is 0 Å². The summed E-state index contributed by atoms with van der Waals surface area (Å²) >= 11 is 0. The molecular weight excluding hydrogens is 295 g/mol. The predicted octanol–water partition coefficient (Wildman–Crippen LogP) is 3.28. The zero-order valence-corrected chi connectivity index (χ0v) is 12.4. The van der Waals surface area contributed by atoms with Gasteiger partial charge in [-0.25, -0.2) is 0 Å². The summed E-state index contributed by atoms with van der Waals surface area (Å²) in [5, 5.41) is 5.85. The molecule has 0 aromatic carbocycles. The molecule has 1 aliphatic carbocycles. The summed E-state index contributed by atoms with van der Waals surface area (Å²) in [6.07, 6.45) is 2.09. The summed E-state index contributed by atoms with van der Waals surface area (Å²) in [5.74, 6) is 0.496. The van der Waals surface area contributed by atoms with Crippen molar-refractivity contribution in [2.45, 2.75) is 57.7 Å². The van der Waals surface area contributed by atoms with Crippen molar-refractivity contribution in [2.75, 3.05) is 6.54 Å². The second kappa shape index (κ2) is 5.93. The van der Waals surface area contributed by atoms with Crippen LogP contribution in [0.2, 0.25) is 0 Å². The third kappa shape index (κ3) is 3.13. The second-order valence-corrected chi connectivity index (χ2v) is 6.30.